The van der Waals surface area contributed by atoms with Crippen LogP contribution in [0.15, 0.2) is 12.1 Å². The van der Waals surface area contributed by atoms with Crippen LogP contribution in [0.25, 0.3) is 11.3 Å². The Morgan fingerprint density at radius 1 is 0.885 bits per heavy atom. The van der Waals surface area contributed by atoms with Gasteiger partial charge in [0, 0.05) is 17.8 Å². The van der Waals surface area contributed by atoms with E-state index in [0.717, 1.165) is 42.8 Å². The number of aromatic nitrogens is 1. The number of methoxy groups -OCH3 is 2. The lowest BCUT2D eigenvalue weighted by Gasteiger charge is -2.25. The Hall–Kier alpha value is -2.56. The van der Waals surface area contributed by atoms with E-state index in [2.05, 4.69) is 16.7 Å². The Morgan fingerprint density at radius 3 is 2.15 bits per heavy atom. The van der Waals surface area contributed by atoms with E-state index < -0.39 is 11.9 Å². The molecule has 5 heteroatoms. The van der Waals surface area contributed by atoms with Gasteiger partial charge in [0.05, 0.1) is 25.5 Å². The molecular formula is C21H23NO4. The van der Waals surface area contributed by atoms with Gasteiger partial charge in [-0.1, -0.05) is 6.07 Å². The third-order valence-electron chi connectivity index (χ3n) is 5.73. The minimum Gasteiger partial charge on any atom is -0.465 e. The molecule has 26 heavy (non-hydrogen) atoms. The molecular weight excluding hydrogens is 330 g/mol. The number of benzene rings is 1. The summed E-state index contributed by atoms with van der Waals surface area (Å²) in [4.78, 5) is 25.0. The number of nitrogens with zero attached hydrogens (tertiary/aromatic N) is 1. The number of carbonyl (C=O) groups excluding carboxylic acids is 2. The van der Waals surface area contributed by atoms with Crippen molar-refractivity contribution in [3.63, 3.8) is 0 Å². The predicted molar refractivity (Wildman–Crippen MR) is 97.6 cm³/mol. The van der Waals surface area contributed by atoms with Gasteiger partial charge in [-0.3, -0.25) is 0 Å². The minimum absolute atomic E-state index is 0.319. The van der Waals surface area contributed by atoms with E-state index in [4.69, 9.17) is 9.47 Å². The smallest absolute Gasteiger partial charge is 0.340 e. The number of hydrogen-bond donors (Lipinski definition) is 0. The van der Waals surface area contributed by atoms with E-state index in [-0.39, 0.29) is 0 Å². The molecule has 0 saturated heterocycles. The van der Waals surface area contributed by atoms with Crippen LogP contribution in [0, 0.1) is 6.92 Å². The topological polar surface area (TPSA) is 57.5 Å². The first-order valence-electron chi connectivity index (χ1n) is 9.11. The van der Waals surface area contributed by atoms with Crippen LogP contribution < -0.4 is 0 Å². The van der Waals surface area contributed by atoms with Crippen molar-refractivity contribution >= 4 is 11.9 Å². The van der Waals surface area contributed by atoms with Gasteiger partial charge < -0.3 is 14.0 Å². The van der Waals surface area contributed by atoms with Gasteiger partial charge in [0.2, 0.25) is 0 Å². The van der Waals surface area contributed by atoms with Gasteiger partial charge >= 0.3 is 11.9 Å². The van der Waals surface area contributed by atoms with Crippen LogP contribution in [0.4, 0.5) is 0 Å². The Labute approximate surface area is 152 Å². The molecule has 0 bridgehead atoms. The fourth-order valence-corrected chi connectivity index (χ4v) is 4.45. The van der Waals surface area contributed by atoms with Crippen LogP contribution in [-0.4, -0.2) is 30.7 Å². The van der Waals surface area contributed by atoms with E-state index in [0.29, 0.717) is 11.1 Å². The summed E-state index contributed by atoms with van der Waals surface area (Å²) in [6.07, 6.45) is 5.52. The van der Waals surface area contributed by atoms with Crippen molar-refractivity contribution in [2.45, 2.75) is 45.6 Å². The van der Waals surface area contributed by atoms with Crippen LogP contribution in [0.3, 0.4) is 0 Å². The van der Waals surface area contributed by atoms with Crippen molar-refractivity contribution in [2.75, 3.05) is 14.2 Å². The van der Waals surface area contributed by atoms with Crippen LogP contribution in [0.5, 0.6) is 0 Å². The number of ether oxygens (including phenoxy) is 2. The lowest BCUT2D eigenvalue weighted by atomic mass is 9.85. The van der Waals surface area contributed by atoms with E-state index in [1.807, 2.05) is 6.92 Å². The van der Waals surface area contributed by atoms with Gasteiger partial charge in [0.1, 0.15) is 5.56 Å². The summed E-state index contributed by atoms with van der Waals surface area (Å²) in [7, 11) is 2.68. The highest BCUT2D eigenvalue weighted by Crippen LogP contribution is 2.40. The van der Waals surface area contributed by atoms with Gasteiger partial charge in [-0.25, -0.2) is 9.59 Å². The Morgan fingerprint density at radius 2 is 1.50 bits per heavy atom. The van der Waals surface area contributed by atoms with Gasteiger partial charge in [-0.15, -0.1) is 0 Å². The molecule has 0 radical (unpaired) electrons. The monoisotopic (exact) mass is 353 g/mol. The van der Waals surface area contributed by atoms with Gasteiger partial charge in [0.25, 0.3) is 0 Å². The van der Waals surface area contributed by atoms with E-state index >= 15 is 0 Å². The molecule has 2 aliphatic rings. The molecule has 0 unspecified atom stereocenters. The van der Waals surface area contributed by atoms with Crippen molar-refractivity contribution in [3.8, 4) is 11.3 Å². The highest BCUT2D eigenvalue weighted by Gasteiger charge is 2.34. The number of esters is 2. The number of carbonyl (C=O) groups is 2. The largest absolute Gasteiger partial charge is 0.465 e. The summed E-state index contributed by atoms with van der Waals surface area (Å²) in [5, 5.41) is 0. The summed E-state index contributed by atoms with van der Waals surface area (Å²) in [6, 6.07) is 4.52. The molecule has 1 aliphatic carbocycles. The van der Waals surface area contributed by atoms with Gasteiger partial charge in [0.15, 0.2) is 0 Å². The number of fused-ring (bicyclic) bond motifs is 4. The SMILES string of the molecule is COC(=O)c1c(C(=O)OC)c2n(c1C)CCc1cc3c(cc1-2)CCCC3. The molecule has 0 fully saturated rings. The number of rotatable bonds is 2. The average Bonchev–Trinajstić information content (AvgIpc) is 2.98. The Bertz CT molecular complexity index is 923. The molecule has 1 aromatic carbocycles. The quantitative estimate of drug-likeness (QED) is 0.776. The van der Waals surface area contributed by atoms with Crippen LogP contribution in [-0.2, 0) is 35.3 Å². The van der Waals surface area contributed by atoms with Crippen molar-refractivity contribution in [1.29, 1.82) is 0 Å². The van der Waals surface area contributed by atoms with Crippen molar-refractivity contribution < 1.29 is 19.1 Å². The molecule has 0 amide bonds. The summed E-state index contributed by atoms with van der Waals surface area (Å²) in [5.74, 6) is -0.989. The lowest BCUT2D eigenvalue weighted by molar-refractivity contribution is 0.0556. The zero-order valence-electron chi connectivity index (χ0n) is 15.5. The second-order valence-corrected chi connectivity index (χ2v) is 7.05. The van der Waals surface area contributed by atoms with Crippen molar-refractivity contribution in [1.82, 2.24) is 4.57 Å². The molecule has 2 aromatic rings. The van der Waals surface area contributed by atoms with E-state index in [1.54, 1.807) is 0 Å². The number of hydrogen-bond acceptors (Lipinski definition) is 4. The molecule has 0 N–H and O–H groups in total. The van der Waals surface area contributed by atoms with E-state index in [1.165, 1.54) is 43.8 Å². The Kier molecular flexibility index (Phi) is 4.10. The summed E-state index contributed by atoms with van der Waals surface area (Å²) < 4.78 is 12.0. The average molecular weight is 353 g/mol. The molecule has 1 aliphatic heterocycles. The predicted octanol–water partition coefficient (Wildman–Crippen LogP) is 3.47. The first kappa shape index (κ1) is 16.9. The summed E-state index contributed by atoms with van der Waals surface area (Å²) >= 11 is 0. The standard InChI is InChI=1S/C21H23NO4/c1-12-17(20(23)25-2)18(21(24)26-3)19-16-11-14-7-5-4-6-13(14)10-15(16)8-9-22(12)19/h10-11H,4-9H2,1-3H3. The highest BCUT2D eigenvalue weighted by atomic mass is 16.5. The third kappa shape index (κ3) is 2.37. The molecule has 2 heterocycles. The normalized spacial score (nSPS) is 14.9. The van der Waals surface area contributed by atoms with Crippen molar-refractivity contribution in [3.05, 3.63) is 45.6 Å². The van der Waals surface area contributed by atoms with Gasteiger partial charge in [-0.2, -0.15) is 0 Å². The Balaban J connectivity index is 2.01. The second kappa shape index (κ2) is 6.31. The molecule has 1 aromatic heterocycles. The molecule has 0 atom stereocenters. The lowest BCUT2D eigenvalue weighted by Crippen LogP contribution is -2.16. The second-order valence-electron chi connectivity index (χ2n) is 7.05. The number of aryl methyl sites for hydroxylation is 3. The zero-order chi connectivity index (χ0) is 18.4. The first-order chi connectivity index (χ1) is 12.6. The van der Waals surface area contributed by atoms with Crippen LogP contribution in [0.1, 0.15) is 55.9 Å². The molecule has 4 rings (SSSR count). The molecule has 136 valence electrons. The molecule has 0 spiro atoms. The molecule has 5 nitrogen and oxygen atoms in total. The fraction of sp³-hybridized carbons (Fsp3) is 0.429. The van der Waals surface area contributed by atoms with Gasteiger partial charge in [-0.05, 0) is 61.8 Å². The maximum absolute atomic E-state index is 12.6. The summed E-state index contributed by atoms with van der Waals surface area (Å²) in [5.41, 5.74) is 7.29. The summed E-state index contributed by atoms with van der Waals surface area (Å²) in [6.45, 7) is 2.61. The highest BCUT2D eigenvalue weighted by molar-refractivity contribution is 6.09. The zero-order valence-corrected chi connectivity index (χ0v) is 15.5. The maximum atomic E-state index is 12.6. The molecule has 0 saturated carbocycles. The maximum Gasteiger partial charge on any atom is 0.340 e. The van der Waals surface area contributed by atoms with Crippen molar-refractivity contribution in [2.24, 2.45) is 0 Å². The fourth-order valence-electron chi connectivity index (χ4n) is 4.45. The first-order valence-corrected chi connectivity index (χ1v) is 9.11. The third-order valence-corrected chi connectivity index (χ3v) is 5.73. The minimum atomic E-state index is -0.496. The van der Waals surface area contributed by atoms with E-state index in [9.17, 15) is 9.59 Å². The van der Waals surface area contributed by atoms with Crippen LogP contribution >= 0.6 is 0 Å². The van der Waals surface area contributed by atoms with Crippen LogP contribution in [0.2, 0.25) is 0 Å².